The van der Waals surface area contributed by atoms with Gasteiger partial charge in [0.1, 0.15) is 0 Å². The number of amides is 1. The Hall–Kier alpha value is -2.63. The fourth-order valence-corrected chi connectivity index (χ4v) is 3.67. The van der Waals surface area contributed by atoms with E-state index in [2.05, 4.69) is 11.1 Å². The number of anilines is 1. The van der Waals surface area contributed by atoms with Crippen LogP contribution in [-0.4, -0.2) is 24.1 Å². The fraction of sp³-hybridized carbons (Fsp3) is 0.211. The van der Waals surface area contributed by atoms with Crippen LogP contribution in [0.1, 0.15) is 11.1 Å². The quantitative estimate of drug-likeness (QED) is 0.790. The SMILES string of the molecule is O=C1N(Cc2c[nH]c3ccccc23)c2ccccc2C12OCCO2. The molecule has 0 atom stereocenters. The first-order valence-electron chi connectivity index (χ1n) is 8.04. The zero-order chi connectivity index (χ0) is 16.1. The predicted molar refractivity (Wildman–Crippen MR) is 89.5 cm³/mol. The number of fused-ring (bicyclic) bond motifs is 3. The molecular weight excluding hydrogens is 304 g/mol. The highest BCUT2D eigenvalue weighted by Crippen LogP contribution is 2.46. The van der Waals surface area contributed by atoms with Crippen molar-refractivity contribution in [1.82, 2.24) is 4.98 Å². The normalized spacial score (nSPS) is 18.7. The third-order valence-corrected chi connectivity index (χ3v) is 4.77. The Morgan fingerprint density at radius 2 is 1.79 bits per heavy atom. The Labute approximate surface area is 138 Å². The van der Waals surface area contributed by atoms with E-state index in [9.17, 15) is 4.79 Å². The fourth-order valence-electron chi connectivity index (χ4n) is 3.67. The lowest BCUT2D eigenvalue weighted by Gasteiger charge is -2.22. The highest BCUT2D eigenvalue weighted by molar-refractivity contribution is 6.06. The number of carbonyl (C=O) groups excluding carboxylic acids is 1. The van der Waals surface area contributed by atoms with E-state index in [-0.39, 0.29) is 5.91 Å². The minimum Gasteiger partial charge on any atom is -0.361 e. The lowest BCUT2D eigenvalue weighted by atomic mass is 10.1. The van der Waals surface area contributed by atoms with Crippen molar-refractivity contribution in [2.45, 2.75) is 12.3 Å². The van der Waals surface area contributed by atoms with Crippen molar-refractivity contribution in [3.8, 4) is 0 Å². The van der Waals surface area contributed by atoms with Crippen LogP contribution in [0.5, 0.6) is 0 Å². The van der Waals surface area contributed by atoms with Gasteiger partial charge in [-0.2, -0.15) is 0 Å². The van der Waals surface area contributed by atoms with Gasteiger partial charge < -0.3 is 19.4 Å². The third kappa shape index (κ3) is 1.74. The van der Waals surface area contributed by atoms with Crippen LogP contribution in [-0.2, 0) is 26.6 Å². The topological polar surface area (TPSA) is 54.6 Å². The van der Waals surface area contributed by atoms with Gasteiger partial charge in [0.15, 0.2) is 0 Å². The minimum atomic E-state index is -1.26. The zero-order valence-electron chi connectivity index (χ0n) is 13.0. The van der Waals surface area contributed by atoms with Crippen molar-refractivity contribution in [2.75, 3.05) is 18.1 Å². The van der Waals surface area contributed by atoms with Gasteiger partial charge in [0, 0.05) is 22.7 Å². The molecule has 0 aliphatic carbocycles. The average molecular weight is 320 g/mol. The van der Waals surface area contributed by atoms with Gasteiger partial charge in [0.05, 0.1) is 25.4 Å². The molecule has 5 nitrogen and oxygen atoms in total. The Bertz CT molecular complexity index is 940. The molecule has 2 aliphatic heterocycles. The van der Waals surface area contributed by atoms with E-state index < -0.39 is 5.79 Å². The summed E-state index contributed by atoms with van der Waals surface area (Å²) in [4.78, 5) is 18.1. The van der Waals surface area contributed by atoms with Gasteiger partial charge in [-0.25, -0.2) is 0 Å². The number of rotatable bonds is 2. The van der Waals surface area contributed by atoms with Crippen molar-refractivity contribution in [3.63, 3.8) is 0 Å². The maximum atomic E-state index is 13.1. The molecule has 0 bridgehead atoms. The molecule has 1 amide bonds. The van der Waals surface area contributed by atoms with Crippen molar-refractivity contribution < 1.29 is 14.3 Å². The number of hydrogen-bond acceptors (Lipinski definition) is 3. The second kappa shape index (κ2) is 4.93. The summed E-state index contributed by atoms with van der Waals surface area (Å²) in [5.41, 5.74) is 3.79. The average Bonchev–Trinajstić information content (AvgIpc) is 3.32. The van der Waals surface area contributed by atoms with E-state index in [1.54, 1.807) is 4.90 Å². The number of hydrogen-bond donors (Lipinski definition) is 1. The molecular formula is C19H16N2O3. The minimum absolute atomic E-state index is 0.147. The molecule has 1 N–H and O–H groups in total. The molecule has 24 heavy (non-hydrogen) atoms. The largest absolute Gasteiger partial charge is 0.361 e. The molecule has 120 valence electrons. The van der Waals surface area contributed by atoms with E-state index >= 15 is 0 Å². The van der Waals surface area contributed by atoms with Crippen LogP contribution >= 0.6 is 0 Å². The van der Waals surface area contributed by atoms with Crippen LogP contribution in [0.3, 0.4) is 0 Å². The molecule has 2 aromatic carbocycles. The van der Waals surface area contributed by atoms with Crippen LogP contribution in [0.4, 0.5) is 5.69 Å². The smallest absolute Gasteiger partial charge is 0.292 e. The van der Waals surface area contributed by atoms with Crippen LogP contribution in [0, 0.1) is 0 Å². The van der Waals surface area contributed by atoms with Crippen molar-refractivity contribution in [1.29, 1.82) is 0 Å². The van der Waals surface area contributed by atoms with Crippen LogP contribution < -0.4 is 4.90 Å². The summed E-state index contributed by atoms with van der Waals surface area (Å²) < 4.78 is 11.5. The lowest BCUT2D eigenvalue weighted by Crippen LogP contribution is -2.40. The highest BCUT2D eigenvalue weighted by atomic mass is 16.7. The summed E-state index contributed by atoms with van der Waals surface area (Å²) in [5, 5.41) is 1.12. The Kier molecular flexibility index (Phi) is 2.83. The van der Waals surface area contributed by atoms with Crippen LogP contribution in [0.15, 0.2) is 54.7 Å². The van der Waals surface area contributed by atoms with Gasteiger partial charge in [0.25, 0.3) is 11.7 Å². The molecule has 2 aliphatic rings. The summed E-state index contributed by atoms with van der Waals surface area (Å²) >= 11 is 0. The Morgan fingerprint density at radius 1 is 1.04 bits per heavy atom. The van der Waals surface area contributed by atoms with Crippen molar-refractivity contribution in [2.24, 2.45) is 0 Å². The van der Waals surface area contributed by atoms with Gasteiger partial charge in [-0.05, 0) is 17.7 Å². The summed E-state index contributed by atoms with van der Waals surface area (Å²) in [7, 11) is 0. The maximum Gasteiger partial charge on any atom is 0.292 e. The summed E-state index contributed by atoms with van der Waals surface area (Å²) in [6.45, 7) is 1.34. The number of benzene rings is 2. The number of nitrogens with one attached hydrogen (secondary N) is 1. The van der Waals surface area contributed by atoms with Gasteiger partial charge >= 0.3 is 0 Å². The second-order valence-corrected chi connectivity index (χ2v) is 6.08. The van der Waals surface area contributed by atoms with E-state index in [0.717, 1.165) is 27.7 Å². The number of para-hydroxylation sites is 2. The molecule has 5 rings (SSSR count). The number of carbonyl (C=O) groups is 1. The molecule has 3 aromatic rings. The molecule has 0 unspecified atom stereocenters. The summed E-state index contributed by atoms with van der Waals surface area (Å²) in [6, 6.07) is 15.8. The molecule has 1 fully saturated rings. The Balaban J connectivity index is 1.60. The van der Waals surface area contributed by atoms with E-state index in [1.165, 1.54) is 0 Å². The van der Waals surface area contributed by atoms with E-state index in [4.69, 9.17) is 9.47 Å². The van der Waals surface area contributed by atoms with E-state index in [0.29, 0.717) is 19.8 Å². The first-order chi connectivity index (χ1) is 11.8. The van der Waals surface area contributed by atoms with Gasteiger partial charge in [-0.3, -0.25) is 4.79 Å². The third-order valence-electron chi connectivity index (χ3n) is 4.77. The number of ether oxygens (including phenoxy) is 2. The van der Waals surface area contributed by atoms with E-state index in [1.807, 2.05) is 48.7 Å². The molecule has 0 saturated carbocycles. The number of H-pyrrole nitrogens is 1. The zero-order valence-corrected chi connectivity index (χ0v) is 13.0. The molecule has 0 radical (unpaired) electrons. The maximum absolute atomic E-state index is 13.1. The highest BCUT2D eigenvalue weighted by Gasteiger charge is 2.55. The standard InChI is InChI=1S/C19H16N2O3/c22-18-19(23-9-10-24-19)15-6-2-4-8-17(15)21(18)12-13-11-20-16-7-3-1-5-14(13)16/h1-8,11,20H,9-10,12H2. The molecule has 1 aromatic heterocycles. The van der Waals surface area contributed by atoms with Crippen molar-refractivity contribution >= 4 is 22.5 Å². The van der Waals surface area contributed by atoms with Crippen LogP contribution in [0.25, 0.3) is 10.9 Å². The predicted octanol–water partition coefficient (Wildman–Crippen LogP) is 2.91. The molecule has 1 saturated heterocycles. The van der Waals surface area contributed by atoms with Crippen molar-refractivity contribution in [3.05, 3.63) is 65.9 Å². The van der Waals surface area contributed by atoms with Gasteiger partial charge in [0.2, 0.25) is 0 Å². The Morgan fingerprint density at radius 3 is 2.67 bits per heavy atom. The second-order valence-electron chi connectivity index (χ2n) is 6.08. The molecule has 5 heteroatoms. The summed E-state index contributed by atoms with van der Waals surface area (Å²) in [6.07, 6.45) is 1.96. The first-order valence-corrected chi connectivity index (χ1v) is 8.04. The monoisotopic (exact) mass is 320 g/mol. The van der Waals surface area contributed by atoms with Crippen LogP contribution in [0.2, 0.25) is 0 Å². The number of aromatic amines is 1. The molecule has 3 heterocycles. The van der Waals surface area contributed by atoms with Gasteiger partial charge in [-0.1, -0.05) is 36.4 Å². The number of nitrogens with zero attached hydrogens (tertiary/aromatic N) is 1. The summed E-state index contributed by atoms with van der Waals surface area (Å²) in [5.74, 6) is -1.41. The molecule has 1 spiro atoms. The lowest BCUT2D eigenvalue weighted by molar-refractivity contribution is -0.180. The van der Waals surface area contributed by atoms with Gasteiger partial charge in [-0.15, -0.1) is 0 Å². The first kappa shape index (κ1) is 13.8. The number of aromatic nitrogens is 1.